The van der Waals surface area contributed by atoms with Crippen molar-refractivity contribution in [1.29, 1.82) is 0 Å². The molecule has 5 heterocycles. The molecule has 3 aromatic rings. The van der Waals surface area contributed by atoms with Crippen LogP contribution >= 0.6 is 11.3 Å². The van der Waals surface area contributed by atoms with E-state index in [1.54, 1.807) is 4.90 Å². The van der Waals surface area contributed by atoms with Gasteiger partial charge in [0.1, 0.15) is 17.2 Å². The van der Waals surface area contributed by atoms with Gasteiger partial charge in [-0.1, -0.05) is 12.0 Å². The summed E-state index contributed by atoms with van der Waals surface area (Å²) < 4.78 is 1.82. The van der Waals surface area contributed by atoms with Gasteiger partial charge in [-0.2, -0.15) is 9.50 Å². The Bertz CT molecular complexity index is 914. The smallest absolute Gasteiger partial charge is 0.276 e. The molecule has 1 unspecified atom stereocenters. The molecule has 0 aliphatic carbocycles. The van der Waals surface area contributed by atoms with E-state index >= 15 is 0 Å². The number of quaternary nitrogens is 1. The third kappa shape index (κ3) is 2.12. The van der Waals surface area contributed by atoms with Gasteiger partial charge in [0.15, 0.2) is 0 Å². The Kier molecular flexibility index (Phi) is 3.24. The molecule has 24 heavy (non-hydrogen) atoms. The maximum atomic E-state index is 4.87. The lowest BCUT2D eigenvalue weighted by atomic mass is 9.99. The molecule has 3 aromatic heterocycles. The molecule has 0 aromatic carbocycles. The van der Waals surface area contributed by atoms with Gasteiger partial charge >= 0.3 is 0 Å². The van der Waals surface area contributed by atoms with Crippen LogP contribution in [0.15, 0.2) is 0 Å². The molecule has 1 saturated heterocycles. The normalized spacial score (nSPS) is 24.7. The minimum Gasteiger partial charge on any atom is -0.356 e. The van der Waals surface area contributed by atoms with Crippen molar-refractivity contribution in [2.24, 2.45) is 5.92 Å². The van der Waals surface area contributed by atoms with Crippen LogP contribution in [0.2, 0.25) is 0 Å². The second-order valence-corrected chi connectivity index (χ2v) is 8.42. The lowest BCUT2D eigenvalue weighted by molar-refractivity contribution is -0.895. The highest BCUT2D eigenvalue weighted by molar-refractivity contribution is 7.19. The SMILES string of the molecule is C[C@@H]1CCCN(c2nc3nnnn3c3sc4c(c23)CC[NH+](C)C4)C1. The molecule has 0 bridgehead atoms. The molecule has 0 amide bonds. The van der Waals surface area contributed by atoms with Crippen LogP contribution in [0.3, 0.4) is 0 Å². The van der Waals surface area contributed by atoms with Gasteiger partial charge in [0, 0.05) is 19.5 Å². The highest BCUT2D eigenvalue weighted by Gasteiger charge is 2.29. The van der Waals surface area contributed by atoms with Crippen LogP contribution in [-0.4, -0.2) is 51.7 Å². The average molecular weight is 344 g/mol. The summed E-state index contributed by atoms with van der Waals surface area (Å²) in [6.07, 6.45) is 3.66. The number of hydrogen-bond acceptors (Lipinski definition) is 6. The summed E-state index contributed by atoms with van der Waals surface area (Å²) in [5, 5.41) is 13.5. The minimum atomic E-state index is 0.620. The van der Waals surface area contributed by atoms with Crippen molar-refractivity contribution in [3.05, 3.63) is 10.4 Å². The number of fused-ring (bicyclic) bond motifs is 5. The first-order valence-electron chi connectivity index (χ1n) is 8.79. The zero-order valence-corrected chi connectivity index (χ0v) is 14.9. The van der Waals surface area contributed by atoms with Crippen LogP contribution in [0.4, 0.5) is 5.82 Å². The molecule has 0 radical (unpaired) electrons. The second-order valence-electron chi connectivity index (χ2n) is 7.34. The van der Waals surface area contributed by atoms with Gasteiger partial charge in [-0.05, 0) is 34.7 Å². The standard InChI is InChI=1S/C16H21N7S/c1-10-4-3-6-22(8-10)14-13-11-5-7-21(2)9-12(11)24-15(13)23-16(17-14)18-19-20-23/h10H,3-9H2,1-2H3/p+1/t10-/m1/s1. The van der Waals surface area contributed by atoms with Crippen molar-refractivity contribution in [3.63, 3.8) is 0 Å². The van der Waals surface area contributed by atoms with Crippen LogP contribution in [0.25, 0.3) is 16.0 Å². The van der Waals surface area contributed by atoms with E-state index in [0.717, 1.165) is 36.7 Å². The predicted molar refractivity (Wildman–Crippen MR) is 93.7 cm³/mol. The van der Waals surface area contributed by atoms with E-state index in [0.29, 0.717) is 11.7 Å². The quantitative estimate of drug-likeness (QED) is 0.698. The summed E-state index contributed by atoms with van der Waals surface area (Å²) in [4.78, 5) is 11.5. The lowest BCUT2D eigenvalue weighted by Gasteiger charge is -2.32. The van der Waals surface area contributed by atoms with E-state index in [4.69, 9.17) is 4.98 Å². The summed E-state index contributed by atoms with van der Waals surface area (Å²) in [7, 11) is 2.27. The number of likely N-dealkylation sites (N-methyl/N-ethyl adjacent to an activating group) is 1. The summed E-state index contributed by atoms with van der Waals surface area (Å²) in [6.45, 7) is 6.77. The topological polar surface area (TPSA) is 63.7 Å². The molecule has 0 spiro atoms. The molecule has 1 N–H and O–H groups in total. The van der Waals surface area contributed by atoms with Gasteiger partial charge in [0.05, 0.1) is 23.9 Å². The second kappa shape index (κ2) is 5.35. The van der Waals surface area contributed by atoms with E-state index in [2.05, 4.69) is 34.4 Å². The maximum absolute atomic E-state index is 4.87. The predicted octanol–water partition coefficient (Wildman–Crippen LogP) is 0.541. The van der Waals surface area contributed by atoms with Crippen molar-refractivity contribution in [1.82, 2.24) is 25.0 Å². The van der Waals surface area contributed by atoms with Crippen molar-refractivity contribution in [2.45, 2.75) is 32.7 Å². The summed E-state index contributed by atoms with van der Waals surface area (Å²) in [6, 6.07) is 0. The van der Waals surface area contributed by atoms with Gasteiger partial charge < -0.3 is 9.80 Å². The first-order chi connectivity index (χ1) is 11.7. The monoisotopic (exact) mass is 344 g/mol. The maximum Gasteiger partial charge on any atom is 0.276 e. The fourth-order valence-electron chi connectivity index (χ4n) is 4.13. The van der Waals surface area contributed by atoms with Gasteiger partial charge in [0.2, 0.25) is 0 Å². The first-order valence-corrected chi connectivity index (χ1v) is 9.61. The van der Waals surface area contributed by atoms with E-state index in [9.17, 15) is 0 Å². The molecule has 8 heteroatoms. The Balaban J connectivity index is 1.77. The van der Waals surface area contributed by atoms with Crippen molar-refractivity contribution in [2.75, 3.05) is 31.6 Å². The Morgan fingerprint density at radius 1 is 1.33 bits per heavy atom. The molecule has 0 saturated carbocycles. The number of aromatic nitrogens is 5. The number of tetrazole rings is 1. The van der Waals surface area contributed by atoms with Crippen molar-refractivity contribution >= 4 is 33.1 Å². The van der Waals surface area contributed by atoms with Gasteiger partial charge in [-0.15, -0.1) is 11.3 Å². The van der Waals surface area contributed by atoms with Crippen molar-refractivity contribution in [3.8, 4) is 0 Å². The van der Waals surface area contributed by atoms with Crippen LogP contribution in [0.5, 0.6) is 0 Å². The summed E-state index contributed by atoms with van der Waals surface area (Å²) >= 11 is 1.85. The zero-order chi connectivity index (χ0) is 16.3. The average Bonchev–Trinajstić information content (AvgIpc) is 3.17. The molecule has 1 fully saturated rings. The molecular weight excluding hydrogens is 322 g/mol. The third-order valence-electron chi connectivity index (χ3n) is 5.37. The number of rotatable bonds is 1. The minimum absolute atomic E-state index is 0.620. The van der Waals surface area contributed by atoms with E-state index < -0.39 is 0 Å². The lowest BCUT2D eigenvalue weighted by Crippen LogP contribution is -3.08. The Morgan fingerprint density at radius 3 is 3.12 bits per heavy atom. The Morgan fingerprint density at radius 2 is 2.25 bits per heavy atom. The van der Waals surface area contributed by atoms with Crippen molar-refractivity contribution < 1.29 is 4.90 Å². The largest absolute Gasteiger partial charge is 0.356 e. The van der Waals surface area contributed by atoms with Gasteiger partial charge in [-0.25, -0.2) is 0 Å². The van der Waals surface area contributed by atoms with Crippen LogP contribution in [0.1, 0.15) is 30.2 Å². The number of nitrogens with one attached hydrogen (secondary N) is 1. The molecule has 7 nitrogen and oxygen atoms in total. The molecular formula is C16H22N7S+. The number of piperidine rings is 1. The Hall–Kier alpha value is -1.80. The molecule has 126 valence electrons. The number of nitrogens with zero attached hydrogens (tertiary/aromatic N) is 6. The van der Waals surface area contributed by atoms with Crippen LogP contribution < -0.4 is 9.80 Å². The molecule has 2 aliphatic rings. The number of hydrogen-bond donors (Lipinski definition) is 1. The molecule has 2 atom stereocenters. The van der Waals surface area contributed by atoms with Gasteiger partial charge in [0.25, 0.3) is 5.78 Å². The summed E-state index contributed by atoms with van der Waals surface area (Å²) in [5.74, 6) is 2.44. The highest BCUT2D eigenvalue weighted by Crippen LogP contribution is 2.38. The number of thiophene rings is 1. The zero-order valence-electron chi connectivity index (χ0n) is 14.1. The fourth-order valence-corrected chi connectivity index (χ4v) is 5.53. The fraction of sp³-hybridized carbons (Fsp3) is 0.625. The van der Waals surface area contributed by atoms with E-state index in [1.165, 1.54) is 35.2 Å². The Labute approximate surface area is 144 Å². The third-order valence-corrected chi connectivity index (χ3v) is 6.58. The summed E-state index contributed by atoms with van der Waals surface area (Å²) in [5.41, 5.74) is 1.48. The van der Waals surface area contributed by atoms with E-state index in [1.807, 2.05) is 15.9 Å². The van der Waals surface area contributed by atoms with E-state index in [-0.39, 0.29) is 0 Å². The number of anilines is 1. The molecule has 5 rings (SSSR count). The van der Waals surface area contributed by atoms with Crippen LogP contribution in [-0.2, 0) is 13.0 Å². The highest BCUT2D eigenvalue weighted by atomic mass is 32.1. The van der Waals surface area contributed by atoms with Gasteiger partial charge in [-0.3, -0.25) is 0 Å². The molecule has 2 aliphatic heterocycles. The first kappa shape index (κ1) is 14.5. The van der Waals surface area contributed by atoms with Crippen LogP contribution in [0, 0.1) is 5.92 Å².